The van der Waals surface area contributed by atoms with Gasteiger partial charge in [-0.1, -0.05) is 43.0 Å². The van der Waals surface area contributed by atoms with E-state index in [-0.39, 0.29) is 11.5 Å². The molecular weight excluding hydrogens is 195 g/mol. The Bertz CT molecular complexity index is 168. The van der Waals surface area contributed by atoms with E-state index in [1.165, 1.54) is 6.42 Å². The molecule has 1 nitrogen and oxygen atoms in total. The van der Waals surface area contributed by atoms with Crippen molar-refractivity contribution in [2.75, 3.05) is 6.61 Å². The first kappa shape index (κ1) is 10.4. The summed E-state index contributed by atoms with van der Waals surface area (Å²) in [6.45, 7) is 2.71. The Balaban J connectivity index is 2.46. The summed E-state index contributed by atoms with van der Waals surface area (Å²) >= 11 is 12.0. The molecule has 1 rings (SSSR count). The van der Waals surface area contributed by atoms with Gasteiger partial charge < -0.3 is 4.74 Å². The molecule has 1 aliphatic rings. The van der Waals surface area contributed by atoms with Crippen molar-refractivity contribution in [2.24, 2.45) is 5.92 Å². The van der Waals surface area contributed by atoms with Crippen LogP contribution in [0, 0.1) is 5.92 Å². The van der Waals surface area contributed by atoms with E-state index in [0.717, 1.165) is 17.9 Å². The third-order valence-electron chi connectivity index (χ3n) is 2.07. The van der Waals surface area contributed by atoms with Gasteiger partial charge in [-0.2, -0.15) is 0 Å². The van der Waals surface area contributed by atoms with E-state index in [0.29, 0.717) is 6.61 Å². The maximum absolute atomic E-state index is 6.01. The minimum Gasteiger partial charge on any atom is -0.358 e. The molecule has 1 aliphatic heterocycles. The van der Waals surface area contributed by atoms with E-state index in [1.807, 2.05) is 6.08 Å². The minimum absolute atomic E-state index is 0.210. The summed E-state index contributed by atoms with van der Waals surface area (Å²) in [4.78, 5) is 0. The van der Waals surface area contributed by atoms with Crippen LogP contribution in [0.2, 0.25) is 0 Å². The van der Waals surface area contributed by atoms with Gasteiger partial charge in [0, 0.05) is 11.0 Å². The van der Waals surface area contributed by atoms with Crippen LogP contribution in [-0.4, -0.2) is 12.2 Å². The topological polar surface area (TPSA) is 9.23 Å². The Hall–Kier alpha value is 0.280. The average molecular weight is 209 g/mol. The van der Waals surface area contributed by atoms with Gasteiger partial charge >= 0.3 is 0 Å². The minimum atomic E-state index is -0.228. The molecule has 0 aromatic carbocycles. The molecule has 3 heteroatoms. The maximum Gasteiger partial charge on any atom is 0.139 e. The highest BCUT2D eigenvalue weighted by Gasteiger charge is 2.25. The van der Waals surface area contributed by atoms with Gasteiger partial charge in [-0.05, 0) is 12.5 Å². The lowest BCUT2D eigenvalue weighted by atomic mass is 10.0. The number of ether oxygens (including phenoxy) is 1. The second-order valence-corrected chi connectivity index (χ2v) is 3.89. The first-order valence-corrected chi connectivity index (χ1v) is 5.18. The average Bonchev–Trinajstić information content (AvgIpc) is 2.04. The number of hydrogen-bond donors (Lipinski definition) is 0. The molecule has 12 heavy (non-hydrogen) atoms. The summed E-state index contributed by atoms with van der Waals surface area (Å²) in [5, 5.41) is 0.870. The number of hydrogen-bond acceptors (Lipinski definition) is 1. The summed E-state index contributed by atoms with van der Waals surface area (Å²) in [5.41, 5.74) is -0.228. The lowest BCUT2D eigenvalue weighted by Gasteiger charge is -2.25. The smallest absolute Gasteiger partial charge is 0.139 e. The zero-order valence-electron chi connectivity index (χ0n) is 7.22. The SMILES string of the molecule is CCCCC1C(Cl)=CCOC1Cl. The molecule has 0 fully saturated rings. The van der Waals surface area contributed by atoms with Crippen molar-refractivity contribution in [1.29, 1.82) is 0 Å². The van der Waals surface area contributed by atoms with Crippen LogP contribution < -0.4 is 0 Å². The predicted octanol–water partition coefficient (Wildman–Crippen LogP) is 3.51. The fraction of sp³-hybridized carbons (Fsp3) is 0.778. The molecule has 0 N–H and O–H groups in total. The van der Waals surface area contributed by atoms with E-state index in [4.69, 9.17) is 27.9 Å². The van der Waals surface area contributed by atoms with E-state index in [1.54, 1.807) is 0 Å². The molecule has 0 radical (unpaired) electrons. The summed E-state index contributed by atoms with van der Waals surface area (Å²) < 4.78 is 5.26. The van der Waals surface area contributed by atoms with Crippen LogP contribution in [-0.2, 0) is 4.74 Å². The Morgan fingerprint density at radius 3 is 3.00 bits per heavy atom. The first-order chi connectivity index (χ1) is 5.75. The number of alkyl halides is 1. The maximum atomic E-state index is 6.01. The summed E-state index contributed by atoms with van der Waals surface area (Å²) in [6, 6.07) is 0. The van der Waals surface area contributed by atoms with E-state index >= 15 is 0 Å². The lowest BCUT2D eigenvalue weighted by Crippen LogP contribution is -2.23. The standard InChI is InChI=1S/C9H14Cl2O/c1-2-3-4-7-8(10)5-6-12-9(7)11/h5,7,9H,2-4,6H2,1H3. The molecule has 0 bridgehead atoms. The highest BCUT2D eigenvalue weighted by molar-refractivity contribution is 6.31. The van der Waals surface area contributed by atoms with Crippen LogP contribution in [0.4, 0.5) is 0 Å². The normalized spacial score (nSPS) is 30.1. The van der Waals surface area contributed by atoms with Crippen molar-refractivity contribution < 1.29 is 4.74 Å². The van der Waals surface area contributed by atoms with Gasteiger partial charge in [0.25, 0.3) is 0 Å². The van der Waals surface area contributed by atoms with Crippen molar-refractivity contribution in [2.45, 2.75) is 31.7 Å². The Morgan fingerprint density at radius 1 is 1.67 bits per heavy atom. The molecule has 70 valence electrons. The summed E-state index contributed by atoms with van der Waals surface area (Å²) in [6.07, 6.45) is 5.26. The molecule has 0 amide bonds. The molecule has 0 aliphatic carbocycles. The van der Waals surface area contributed by atoms with Gasteiger partial charge in [-0.3, -0.25) is 0 Å². The van der Waals surface area contributed by atoms with Crippen LogP contribution in [0.1, 0.15) is 26.2 Å². The Morgan fingerprint density at radius 2 is 2.42 bits per heavy atom. The Labute approximate surface area is 83.7 Å². The molecule has 0 spiro atoms. The zero-order valence-corrected chi connectivity index (χ0v) is 8.74. The molecule has 0 saturated heterocycles. The second-order valence-electron chi connectivity index (χ2n) is 3.02. The van der Waals surface area contributed by atoms with Gasteiger partial charge in [-0.25, -0.2) is 0 Å². The van der Waals surface area contributed by atoms with Crippen molar-refractivity contribution in [3.05, 3.63) is 11.1 Å². The van der Waals surface area contributed by atoms with E-state index in [2.05, 4.69) is 6.92 Å². The third-order valence-corrected chi connectivity index (χ3v) is 2.94. The number of rotatable bonds is 3. The first-order valence-electron chi connectivity index (χ1n) is 4.37. The van der Waals surface area contributed by atoms with Crippen LogP contribution >= 0.6 is 23.2 Å². The highest BCUT2D eigenvalue weighted by atomic mass is 35.5. The Kier molecular flexibility index (Phi) is 4.41. The van der Waals surface area contributed by atoms with Gasteiger partial charge in [0.05, 0.1) is 6.61 Å². The van der Waals surface area contributed by atoms with Gasteiger partial charge in [0.2, 0.25) is 0 Å². The van der Waals surface area contributed by atoms with Crippen LogP contribution in [0.3, 0.4) is 0 Å². The van der Waals surface area contributed by atoms with Gasteiger partial charge in [-0.15, -0.1) is 0 Å². The number of halogens is 2. The van der Waals surface area contributed by atoms with Crippen LogP contribution in [0.5, 0.6) is 0 Å². The fourth-order valence-corrected chi connectivity index (χ4v) is 1.99. The van der Waals surface area contributed by atoms with Crippen LogP contribution in [0.15, 0.2) is 11.1 Å². The molecule has 1 heterocycles. The van der Waals surface area contributed by atoms with Crippen molar-refractivity contribution in [3.63, 3.8) is 0 Å². The van der Waals surface area contributed by atoms with Crippen molar-refractivity contribution in [3.8, 4) is 0 Å². The molecule has 0 saturated carbocycles. The fourth-order valence-electron chi connectivity index (χ4n) is 1.31. The predicted molar refractivity (Wildman–Crippen MR) is 52.5 cm³/mol. The summed E-state index contributed by atoms with van der Waals surface area (Å²) in [5.74, 6) is 0.210. The van der Waals surface area contributed by atoms with Crippen molar-refractivity contribution in [1.82, 2.24) is 0 Å². The van der Waals surface area contributed by atoms with E-state index < -0.39 is 0 Å². The molecule has 0 aromatic heterocycles. The quantitative estimate of drug-likeness (QED) is 0.646. The van der Waals surface area contributed by atoms with Crippen LogP contribution in [0.25, 0.3) is 0 Å². The van der Waals surface area contributed by atoms with E-state index in [9.17, 15) is 0 Å². The monoisotopic (exact) mass is 208 g/mol. The zero-order chi connectivity index (χ0) is 8.97. The van der Waals surface area contributed by atoms with Gasteiger partial charge in [0.1, 0.15) is 5.56 Å². The highest BCUT2D eigenvalue weighted by Crippen LogP contribution is 2.31. The molecular formula is C9H14Cl2O. The second kappa shape index (κ2) is 5.11. The molecule has 2 atom stereocenters. The largest absolute Gasteiger partial charge is 0.358 e. The van der Waals surface area contributed by atoms with Gasteiger partial charge in [0.15, 0.2) is 0 Å². The third kappa shape index (κ3) is 2.65. The number of unbranched alkanes of at least 4 members (excludes halogenated alkanes) is 1. The van der Waals surface area contributed by atoms with Crippen molar-refractivity contribution >= 4 is 23.2 Å². The lowest BCUT2D eigenvalue weighted by molar-refractivity contribution is 0.0865. The molecule has 2 unspecified atom stereocenters. The summed E-state index contributed by atoms with van der Waals surface area (Å²) in [7, 11) is 0. The molecule has 0 aromatic rings.